The fourth-order valence-corrected chi connectivity index (χ4v) is 2.09. The zero-order valence-corrected chi connectivity index (χ0v) is 12.0. The number of benzene rings is 2. The van der Waals surface area contributed by atoms with Gasteiger partial charge in [0.05, 0.1) is 5.52 Å². The number of halogens is 1. The van der Waals surface area contributed by atoms with Crippen LogP contribution in [-0.2, 0) is 0 Å². The molecule has 2 aromatic carbocycles. The first-order valence-electron chi connectivity index (χ1n) is 6.02. The van der Waals surface area contributed by atoms with Gasteiger partial charge in [0.2, 0.25) is 0 Å². The van der Waals surface area contributed by atoms with E-state index in [0.29, 0.717) is 11.4 Å². The molecule has 1 amide bonds. The van der Waals surface area contributed by atoms with Crippen LogP contribution >= 0.6 is 15.9 Å². The van der Waals surface area contributed by atoms with Gasteiger partial charge in [-0.3, -0.25) is 4.79 Å². The molecule has 0 unspecified atom stereocenters. The maximum atomic E-state index is 12.1. The van der Waals surface area contributed by atoms with Crippen molar-refractivity contribution in [3.8, 4) is 0 Å². The van der Waals surface area contributed by atoms with Crippen LogP contribution in [0.15, 0.2) is 59.1 Å². The highest BCUT2D eigenvalue weighted by Gasteiger charge is 2.09. The maximum absolute atomic E-state index is 12.1. The molecule has 20 heavy (non-hydrogen) atoms. The van der Waals surface area contributed by atoms with Crippen LogP contribution in [0, 0.1) is 0 Å². The molecular formula is C15H10BrN3O. The van der Waals surface area contributed by atoms with Gasteiger partial charge in [-0.1, -0.05) is 34.1 Å². The van der Waals surface area contributed by atoms with Crippen LogP contribution in [0.2, 0.25) is 0 Å². The van der Waals surface area contributed by atoms with Gasteiger partial charge in [-0.25, -0.2) is 0 Å². The van der Waals surface area contributed by atoms with E-state index >= 15 is 0 Å². The van der Waals surface area contributed by atoms with E-state index in [1.54, 1.807) is 6.07 Å². The summed E-state index contributed by atoms with van der Waals surface area (Å²) < 4.78 is 0.959. The highest BCUT2D eigenvalue weighted by Crippen LogP contribution is 2.16. The summed E-state index contributed by atoms with van der Waals surface area (Å²) in [6, 6.07) is 16.6. The molecule has 1 heterocycles. The van der Waals surface area contributed by atoms with Crippen molar-refractivity contribution >= 4 is 38.4 Å². The predicted octanol–water partition coefficient (Wildman–Crippen LogP) is 3.64. The summed E-state index contributed by atoms with van der Waals surface area (Å²) in [7, 11) is 0. The van der Waals surface area contributed by atoms with Crippen molar-refractivity contribution in [1.29, 1.82) is 0 Å². The van der Waals surface area contributed by atoms with Crippen LogP contribution in [0.3, 0.4) is 0 Å². The molecule has 0 bridgehead atoms. The molecule has 3 aromatic rings. The summed E-state index contributed by atoms with van der Waals surface area (Å²) in [6.07, 6.45) is 0. The Morgan fingerprint density at radius 1 is 1.00 bits per heavy atom. The third-order valence-electron chi connectivity index (χ3n) is 2.83. The third-order valence-corrected chi connectivity index (χ3v) is 3.36. The SMILES string of the molecule is O=C(Nc1ccc(Br)cc1)c1cc2ccccc2nn1. The van der Waals surface area contributed by atoms with Crippen molar-refractivity contribution in [2.75, 3.05) is 5.32 Å². The van der Waals surface area contributed by atoms with Crippen molar-refractivity contribution in [2.24, 2.45) is 0 Å². The lowest BCUT2D eigenvalue weighted by Crippen LogP contribution is -2.14. The zero-order chi connectivity index (χ0) is 13.9. The number of amides is 1. The Morgan fingerprint density at radius 2 is 1.75 bits per heavy atom. The summed E-state index contributed by atoms with van der Waals surface area (Å²) in [5, 5.41) is 11.7. The number of carbonyl (C=O) groups is 1. The van der Waals surface area contributed by atoms with E-state index < -0.39 is 0 Å². The lowest BCUT2D eigenvalue weighted by molar-refractivity contribution is 0.102. The molecule has 0 aliphatic heterocycles. The lowest BCUT2D eigenvalue weighted by atomic mass is 10.2. The fraction of sp³-hybridized carbons (Fsp3) is 0. The largest absolute Gasteiger partial charge is 0.321 e. The summed E-state index contributed by atoms with van der Waals surface area (Å²) in [6.45, 7) is 0. The average Bonchev–Trinajstić information content (AvgIpc) is 2.49. The van der Waals surface area contributed by atoms with Gasteiger partial charge in [-0.05, 0) is 36.4 Å². The number of carbonyl (C=O) groups excluding carboxylic acids is 1. The first-order chi connectivity index (χ1) is 9.72. The number of anilines is 1. The molecule has 0 aliphatic carbocycles. The number of hydrogen-bond acceptors (Lipinski definition) is 3. The van der Waals surface area contributed by atoms with Crippen molar-refractivity contribution in [3.63, 3.8) is 0 Å². The predicted molar refractivity (Wildman–Crippen MR) is 81.6 cm³/mol. The average molecular weight is 328 g/mol. The second-order valence-corrected chi connectivity index (χ2v) is 5.17. The fourth-order valence-electron chi connectivity index (χ4n) is 1.82. The topological polar surface area (TPSA) is 54.9 Å². The van der Waals surface area contributed by atoms with Crippen LogP contribution in [0.4, 0.5) is 5.69 Å². The highest BCUT2D eigenvalue weighted by molar-refractivity contribution is 9.10. The van der Waals surface area contributed by atoms with Crippen molar-refractivity contribution in [1.82, 2.24) is 10.2 Å². The number of nitrogens with zero attached hydrogens (tertiary/aromatic N) is 2. The number of rotatable bonds is 2. The van der Waals surface area contributed by atoms with Crippen LogP contribution in [-0.4, -0.2) is 16.1 Å². The maximum Gasteiger partial charge on any atom is 0.276 e. The van der Waals surface area contributed by atoms with Crippen LogP contribution in [0.25, 0.3) is 10.9 Å². The molecule has 5 heteroatoms. The van der Waals surface area contributed by atoms with Gasteiger partial charge in [-0.15, -0.1) is 10.2 Å². The van der Waals surface area contributed by atoms with E-state index in [2.05, 4.69) is 31.4 Å². The molecule has 98 valence electrons. The standard InChI is InChI=1S/C15H10BrN3O/c16-11-5-7-12(8-6-11)17-15(20)14-9-10-3-1-2-4-13(10)18-19-14/h1-9H,(H,17,20). The molecule has 0 radical (unpaired) electrons. The Balaban J connectivity index is 1.86. The van der Waals surface area contributed by atoms with Gasteiger partial charge >= 0.3 is 0 Å². The second kappa shape index (κ2) is 5.38. The van der Waals surface area contributed by atoms with E-state index in [9.17, 15) is 4.79 Å². The van der Waals surface area contributed by atoms with Gasteiger partial charge in [0.15, 0.2) is 5.69 Å². The first-order valence-corrected chi connectivity index (χ1v) is 6.81. The normalized spacial score (nSPS) is 10.4. The smallest absolute Gasteiger partial charge is 0.276 e. The minimum Gasteiger partial charge on any atom is -0.321 e. The number of nitrogens with one attached hydrogen (secondary N) is 1. The molecule has 4 nitrogen and oxygen atoms in total. The number of fused-ring (bicyclic) bond motifs is 1. The Hall–Kier alpha value is -2.27. The molecule has 0 fully saturated rings. The van der Waals surface area contributed by atoms with E-state index in [1.807, 2.05) is 48.5 Å². The zero-order valence-electron chi connectivity index (χ0n) is 10.4. The van der Waals surface area contributed by atoms with Crippen molar-refractivity contribution < 1.29 is 4.79 Å². The Labute approximate surface area is 124 Å². The van der Waals surface area contributed by atoms with E-state index in [-0.39, 0.29) is 5.91 Å². The first kappa shape index (κ1) is 12.7. The van der Waals surface area contributed by atoms with Gasteiger partial charge in [-0.2, -0.15) is 0 Å². The lowest BCUT2D eigenvalue weighted by Gasteiger charge is -2.05. The van der Waals surface area contributed by atoms with Gasteiger partial charge in [0.25, 0.3) is 5.91 Å². The number of hydrogen-bond donors (Lipinski definition) is 1. The Morgan fingerprint density at radius 3 is 2.55 bits per heavy atom. The number of aromatic nitrogens is 2. The van der Waals surface area contributed by atoms with Crippen LogP contribution in [0.1, 0.15) is 10.5 Å². The van der Waals surface area contributed by atoms with Crippen molar-refractivity contribution in [2.45, 2.75) is 0 Å². The summed E-state index contributed by atoms with van der Waals surface area (Å²) in [4.78, 5) is 12.1. The summed E-state index contributed by atoms with van der Waals surface area (Å²) in [5.41, 5.74) is 1.78. The summed E-state index contributed by atoms with van der Waals surface area (Å²) >= 11 is 3.35. The second-order valence-electron chi connectivity index (χ2n) is 4.25. The minimum atomic E-state index is -0.273. The molecule has 0 atom stereocenters. The van der Waals surface area contributed by atoms with E-state index in [0.717, 1.165) is 15.4 Å². The Kier molecular flexibility index (Phi) is 3.43. The van der Waals surface area contributed by atoms with E-state index in [1.165, 1.54) is 0 Å². The molecule has 0 saturated carbocycles. The molecule has 1 N–H and O–H groups in total. The summed E-state index contributed by atoms with van der Waals surface area (Å²) in [5.74, 6) is -0.273. The molecule has 0 spiro atoms. The Bertz CT molecular complexity index is 771. The third kappa shape index (κ3) is 2.67. The molecule has 0 aliphatic rings. The molecule has 1 aromatic heterocycles. The minimum absolute atomic E-state index is 0.273. The van der Waals surface area contributed by atoms with Gasteiger partial charge in [0, 0.05) is 15.5 Å². The van der Waals surface area contributed by atoms with E-state index in [4.69, 9.17) is 0 Å². The van der Waals surface area contributed by atoms with Crippen LogP contribution in [0.5, 0.6) is 0 Å². The molecular weight excluding hydrogens is 318 g/mol. The highest BCUT2D eigenvalue weighted by atomic mass is 79.9. The van der Waals surface area contributed by atoms with Gasteiger partial charge in [0.1, 0.15) is 0 Å². The molecule has 3 rings (SSSR count). The molecule has 0 saturated heterocycles. The van der Waals surface area contributed by atoms with Gasteiger partial charge < -0.3 is 5.32 Å². The van der Waals surface area contributed by atoms with Crippen LogP contribution < -0.4 is 5.32 Å². The van der Waals surface area contributed by atoms with Crippen molar-refractivity contribution in [3.05, 3.63) is 64.8 Å². The monoisotopic (exact) mass is 327 g/mol. The quantitative estimate of drug-likeness (QED) is 0.781.